The first-order valence-corrected chi connectivity index (χ1v) is 6.71. The Morgan fingerprint density at radius 2 is 2.41 bits per heavy atom. The quantitative estimate of drug-likeness (QED) is 0.808. The highest BCUT2D eigenvalue weighted by Crippen LogP contribution is 2.18. The van der Waals surface area contributed by atoms with E-state index in [2.05, 4.69) is 14.6 Å². The lowest BCUT2D eigenvalue weighted by atomic mass is 10.3. The van der Waals surface area contributed by atoms with Crippen LogP contribution in [0, 0.1) is 6.92 Å². The summed E-state index contributed by atoms with van der Waals surface area (Å²) >= 11 is 8.35. The van der Waals surface area contributed by atoms with Crippen molar-refractivity contribution in [3.63, 3.8) is 0 Å². The molecular weight excluding hydrogens is 282 g/mol. The van der Waals surface area contributed by atoms with Gasteiger partial charge in [-0.3, -0.25) is 4.79 Å². The van der Waals surface area contributed by atoms with Gasteiger partial charge in [-0.1, -0.05) is 16.1 Å². The molecule has 0 fully saturated rings. The average Bonchev–Trinajstić information content (AvgIpc) is 2.85. The molecule has 0 aliphatic rings. The van der Waals surface area contributed by atoms with Crippen molar-refractivity contribution in [2.45, 2.75) is 20.0 Å². The number of halogens is 1. The van der Waals surface area contributed by atoms with E-state index in [4.69, 9.17) is 16.3 Å². The average molecular weight is 290 g/mol. The monoisotopic (exact) mass is 289 g/mol. The summed E-state index contributed by atoms with van der Waals surface area (Å²) in [6.07, 6.45) is 0.166. The van der Waals surface area contributed by atoms with E-state index < -0.39 is 0 Å². The van der Waals surface area contributed by atoms with Crippen molar-refractivity contribution < 1.29 is 9.53 Å². The number of hydrogen-bond donors (Lipinski definition) is 0. The molecule has 0 spiro atoms. The van der Waals surface area contributed by atoms with E-state index >= 15 is 0 Å². The molecule has 8 heteroatoms. The van der Waals surface area contributed by atoms with Crippen LogP contribution >= 0.6 is 34.5 Å². The minimum atomic E-state index is -0.348. The summed E-state index contributed by atoms with van der Waals surface area (Å²) in [7, 11) is 0. The molecule has 2 rings (SSSR count). The fraction of sp³-hybridized carbons (Fsp3) is 0.333. The molecule has 0 amide bonds. The Balaban J connectivity index is 1.84. The summed E-state index contributed by atoms with van der Waals surface area (Å²) < 4.78 is 9.12. The van der Waals surface area contributed by atoms with Crippen LogP contribution in [0.1, 0.15) is 16.4 Å². The second kappa shape index (κ2) is 5.52. The normalized spacial score (nSPS) is 10.5. The first-order valence-electron chi connectivity index (χ1n) is 4.68. The Morgan fingerprint density at radius 3 is 3.00 bits per heavy atom. The Kier molecular flexibility index (Phi) is 4.03. The Morgan fingerprint density at radius 1 is 1.59 bits per heavy atom. The third-order valence-corrected chi connectivity index (χ3v) is 3.68. The maximum absolute atomic E-state index is 11.5. The highest BCUT2D eigenvalue weighted by atomic mass is 35.5. The molecule has 0 saturated carbocycles. The maximum Gasteiger partial charge on any atom is 0.312 e. The predicted molar refractivity (Wildman–Crippen MR) is 65.3 cm³/mol. The molecule has 2 aromatic rings. The topological polar surface area (TPSA) is 65.0 Å². The van der Waals surface area contributed by atoms with Crippen molar-refractivity contribution in [2.75, 3.05) is 0 Å². The number of aromatic nitrogens is 3. The third kappa shape index (κ3) is 3.45. The molecule has 17 heavy (non-hydrogen) atoms. The molecule has 90 valence electrons. The van der Waals surface area contributed by atoms with E-state index in [-0.39, 0.29) is 19.0 Å². The molecule has 5 nitrogen and oxygen atoms in total. The summed E-state index contributed by atoms with van der Waals surface area (Å²) in [6, 6.07) is 0. The lowest BCUT2D eigenvalue weighted by Gasteiger charge is -2.00. The van der Waals surface area contributed by atoms with E-state index in [1.807, 2.05) is 12.3 Å². The molecule has 2 aromatic heterocycles. The molecule has 2 heterocycles. The summed E-state index contributed by atoms with van der Waals surface area (Å²) in [5.41, 5.74) is 1.21. The summed E-state index contributed by atoms with van der Waals surface area (Å²) in [5.74, 6) is -0.348. The summed E-state index contributed by atoms with van der Waals surface area (Å²) in [5, 5.41) is 6.52. The number of aryl methyl sites for hydroxylation is 1. The highest BCUT2D eigenvalue weighted by Gasteiger charge is 2.11. The number of nitrogens with zero attached hydrogens (tertiary/aromatic N) is 3. The molecule has 0 atom stereocenters. The van der Waals surface area contributed by atoms with Crippen molar-refractivity contribution in [2.24, 2.45) is 0 Å². The van der Waals surface area contributed by atoms with Crippen LogP contribution in [0.3, 0.4) is 0 Å². The largest absolute Gasteiger partial charge is 0.459 e. The van der Waals surface area contributed by atoms with Crippen LogP contribution in [0.5, 0.6) is 0 Å². The zero-order valence-electron chi connectivity index (χ0n) is 8.84. The predicted octanol–water partition coefficient (Wildman–Crippen LogP) is 2.24. The van der Waals surface area contributed by atoms with Crippen LogP contribution in [0.2, 0.25) is 4.34 Å². The van der Waals surface area contributed by atoms with E-state index in [0.29, 0.717) is 10.0 Å². The molecule has 0 aliphatic heterocycles. The SMILES string of the molecule is Cc1nc(CC(=O)OCc2nnsc2Cl)cs1. The van der Waals surface area contributed by atoms with Gasteiger partial charge in [0.1, 0.15) is 16.6 Å². The van der Waals surface area contributed by atoms with Gasteiger partial charge in [0, 0.05) is 16.9 Å². The minimum absolute atomic E-state index is 0.0529. The molecule has 0 N–H and O–H groups in total. The zero-order chi connectivity index (χ0) is 12.3. The zero-order valence-corrected chi connectivity index (χ0v) is 11.2. The number of hydrogen-bond acceptors (Lipinski definition) is 7. The Hall–Kier alpha value is -1.05. The van der Waals surface area contributed by atoms with E-state index in [1.165, 1.54) is 11.3 Å². The first kappa shape index (κ1) is 12.4. The van der Waals surface area contributed by atoms with Gasteiger partial charge in [0.25, 0.3) is 0 Å². The minimum Gasteiger partial charge on any atom is -0.459 e. The molecule has 0 aromatic carbocycles. The molecule has 0 unspecified atom stereocenters. The van der Waals surface area contributed by atoms with Gasteiger partial charge in [-0.15, -0.1) is 16.4 Å². The van der Waals surface area contributed by atoms with E-state index in [1.54, 1.807) is 0 Å². The highest BCUT2D eigenvalue weighted by molar-refractivity contribution is 7.10. The molecule has 0 radical (unpaired) electrons. The number of carbonyl (C=O) groups is 1. The lowest BCUT2D eigenvalue weighted by Crippen LogP contribution is -2.08. The number of thiazole rings is 1. The van der Waals surface area contributed by atoms with Gasteiger partial charge < -0.3 is 4.74 Å². The maximum atomic E-state index is 11.5. The lowest BCUT2D eigenvalue weighted by molar-refractivity contribution is -0.144. The van der Waals surface area contributed by atoms with Gasteiger partial charge in [-0.25, -0.2) is 4.98 Å². The Bertz CT molecular complexity index is 526. The number of esters is 1. The van der Waals surface area contributed by atoms with Crippen molar-refractivity contribution in [1.29, 1.82) is 0 Å². The molecule has 0 saturated heterocycles. The fourth-order valence-electron chi connectivity index (χ4n) is 1.12. The van der Waals surface area contributed by atoms with Crippen molar-refractivity contribution >= 4 is 40.4 Å². The van der Waals surface area contributed by atoms with Gasteiger partial charge in [0.15, 0.2) is 0 Å². The van der Waals surface area contributed by atoms with Crippen LogP contribution in [0.4, 0.5) is 0 Å². The molecule has 0 bridgehead atoms. The second-order valence-electron chi connectivity index (χ2n) is 3.19. The van der Waals surface area contributed by atoms with Crippen LogP contribution in [0.15, 0.2) is 5.38 Å². The fourth-order valence-corrected chi connectivity index (χ4v) is 2.33. The smallest absolute Gasteiger partial charge is 0.312 e. The van der Waals surface area contributed by atoms with E-state index in [0.717, 1.165) is 22.2 Å². The summed E-state index contributed by atoms with van der Waals surface area (Å²) in [4.78, 5) is 15.7. The van der Waals surface area contributed by atoms with Crippen LogP contribution in [0.25, 0.3) is 0 Å². The molecular formula is C9H8ClN3O2S2. The second-order valence-corrected chi connectivity index (χ2v) is 5.61. The Labute approximate surface area is 111 Å². The first-order chi connectivity index (χ1) is 8.15. The van der Waals surface area contributed by atoms with E-state index in [9.17, 15) is 4.79 Å². The molecule has 0 aliphatic carbocycles. The van der Waals surface area contributed by atoms with Crippen molar-refractivity contribution in [3.05, 3.63) is 26.1 Å². The van der Waals surface area contributed by atoms with Gasteiger partial charge in [0.2, 0.25) is 0 Å². The standard InChI is InChI=1S/C9H8ClN3O2S2/c1-5-11-6(4-16-5)2-8(14)15-3-7-9(10)17-13-12-7/h4H,2-3H2,1H3. The van der Waals surface area contributed by atoms with Crippen LogP contribution in [-0.2, 0) is 22.6 Å². The number of carbonyl (C=O) groups excluding carboxylic acids is 1. The van der Waals surface area contributed by atoms with Gasteiger partial charge in [0.05, 0.1) is 17.1 Å². The van der Waals surface area contributed by atoms with Gasteiger partial charge >= 0.3 is 5.97 Å². The van der Waals surface area contributed by atoms with Crippen molar-refractivity contribution in [3.8, 4) is 0 Å². The third-order valence-electron chi connectivity index (χ3n) is 1.87. The van der Waals surface area contributed by atoms with Gasteiger partial charge in [-0.2, -0.15) is 0 Å². The van der Waals surface area contributed by atoms with Crippen molar-refractivity contribution in [1.82, 2.24) is 14.6 Å². The van der Waals surface area contributed by atoms with Gasteiger partial charge in [-0.05, 0) is 6.92 Å². The van der Waals surface area contributed by atoms with Crippen LogP contribution < -0.4 is 0 Å². The number of rotatable bonds is 4. The number of ether oxygens (including phenoxy) is 1. The van der Waals surface area contributed by atoms with Crippen LogP contribution in [-0.4, -0.2) is 20.5 Å². The summed E-state index contributed by atoms with van der Waals surface area (Å²) in [6.45, 7) is 1.94.